The maximum Gasteiger partial charge on any atom is 0.115 e. The molecular weight excluding hydrogens is 456 g/mol. The fourth-order valence-electron chi connectivity index (χ4n) is 4.56. The van der Waals surface area contributed by atoms with Crippen molar-refractivity contribution in [1.82, 2.24) is 0 Å². The molecule has 0 saturated carbocycles. The van der Waals surface area contributed by atoms with Crippen LogP contribution in [0.4, 0.5) is 0 Å². The van der Waals surface area contributed by atoms with E-state index in [1.807, 2.05) is 91.0 Å². The summed E-state index contributed by atoms with van der Waals surface area (Å²) in [6, 6.07) is 29.9. The topological polar surface area (TPSA) is 77.4 Å². The van der Waals surface area contributed by atoms with Crippen molar-refractivity contribution in [3.8, 4) is 0 Å². The van der Waals surface area contributed by atoms with Gasteiger partial charge in [-0.25, -0.2) is 0 Å². The van der Waals surface area contributed by atoms with Gasteiger partial charge in [-0.2, -0.15) is 0 Å². The maximum atomic E-state index is 10.2. The molecule has 0 bridgehead atoms. The number of ether oxygens (including phenoxy) is 4. The highest BCUT2D eigenvalue weighted by Gasteiger charge is 2.47. The molecule has 36 heavy (non-hydrogen) atoms. The van der Waals surface area contributed by atoms with Crippen molar-refractivity contribution >= 4 is 0 Å². The third-order valence-corrected chi connectivity index (χ3v) is 6.41. The molecule has 4 rings (SSSR count). The molecule has 2 N–H and O–H groups in total. The van der Waals surface area contributed by atoms with E-state index in [1.54, 1.807) is 0 Å². The number of hydrogen-bond acceptors (Lipinski definition) is 6. The van der Waals surface area contributed by atoms with Gasteiger partial charge >= 0.3 is 0 Å². The molecule has 6 heteroatoms. The smallest absolute Gasteiger partial charge is 0.115 e. The van der Waals surface area contributed by atoms with E-state index in [-0.39, 0.29) is 19.3 Å². The van der Waals surface area contributed by atoms with E-state index in [1.165, 1.54) is 0 Å². The predicted octanol–water partition coefficient (Wildman–Crippen LogP) is 4.27. The Morgan fingerprint density at radius 2 is 0.972 bits per heavy atom. The van der Waals surface area contributed by atoms with Gasteiger partial charge in [0.15, 0.2) is 0 Å². The van der Waals surface area contributed by atoms with Crippen LogP contribution in [0.25, 0.3) is 0 Å². The Hall–Kier alpha value is -2.58. The zero-order valence-corrected chi connectivity index (χ0v) is 20.5. The lowest BCUT2D eigenvalue weighted by Crippen LogP contribution is -2.61. The summed E-state index contributed by atoms with van der Waals surface area (Å²) in [6.07, 6.45) is -1.23. The Labute approximate surface area is 213 Å². The maximum absolute atomic E-state index is 10.2. The lowest BCUT2D eigenvalue weighted by atomic mass is 9.92. The second kappa shape index (κ2) is 14.2. The third-order valence-electron chi connectivity index (χ3n) is 6.41. The molecule has 0 aromatic heterocycles. The summed E-state index contributed by atoms with van der Waals surface area (Å²) >= 11 is 0. The Morgan fingerprint density at radius 1 is 0.556 bits per heavy atom. The monoisotopic (exact) mass is 492 g/mol. The average molecular weight is 493 g/mol. The summed E-state index contributed by atoms with van der Waals surface area (Å²) in [7, 11) is 0. The number of rotatable bonds is 13. The molecule has 192 valence electrons. The van der Waals surface area contributed by atoms with Gasteiger partial charge in [-0.1, -0.05) is 91.0 Å². The molecular formula is C30H36O6. The minimum Gasteiger partial charge on any atom is -0.396 e. The molecule has 5 atom stereocenters. The zero-order chi connectivity index (χ0) is 25.0. The van der Waals surface area contributed by atoms with E-state index in [9.17, 15) is 10.2 Å². The van der Waals surface area contributed by atoms with Crippen LogP contribution in [0.2, 0.25) is 0 Å². The van der Waals surface area contributed by atoms with Gasteiger partial charge in [0.2, 0.25) is 0 Å². The highest BCUT2D eigenvalue weighted by atomic mass is 16.6. The molecule has 3 aromatic carbocycles. The fourth-order valence-corrected chi connectivity index (χ4v) is 4.56. The van der Waals surface area contributed by atoms with Crippen molar-refractivity contribution in [2.45, 2.75) is 63.2 Å². The fraction of sp³-hybridized carbons (Fsp3) is 0.400. The van der Waals surface area contributed by atoms with Crippen molar-refractivity contribution in [1.29, 1.82) is 0 Å². The molecule has 0 aliphatic carbocycles. The number of aliphatic hydroxyl groups is 2. The Balaban J connectivity index is 1.58. The van der Waals surface area contributed by atoms with Crippen molar-refractivity contribution in [2.24, 2.45) is 0 Å². The van der Waals surface area contributed by atoms with Crippen LogP contribution in [0, 0.1) is 0 Å². The standard InChI is InChI=1S/C30H36O6/c31-18-10-17-26-28(33-20-23-11-4-1-5-12-23)30(35-22-25-15-8-3-9-16-25)29(27(19-32)36-26)34-21-24-13-6-2-7-14-24/h1-9,11-16,26-32H,10,17-22H2. The molecule has 0 radical (unpaired) electrons. The Bertz CT molecular complexity index is 984. The van der Waals surface area contributed by atoms with Crippen LogP contribution in [-0.2, 0) is 38.8 Å². The summed E-state index contributed by atoms with van der Waals surface area (Å²) in [5.41, 5.74) is 3.12. The van der Waals surface area contributed by atoms with Crippen LogP contribution < -0.4 is 0 Å². The van der Waals surface area contributed by atoms with E-state index in [0.29, 0.717) is 32.7 Å². The summed E-state index contributed by atoms with van der Waals surface area (Å²) in [5, 5.41) is 19.7. The first kappa shape index (κ1) is 26.5. The van der Waals surface area contributed by atoms with Gasteiger partial charge in [0, 0.05) is 6.61 Å². The number of aliphatic hydroxyl groups excluding tert-OH is 2. The number of benzene rings is 3. The molecule has 1 aliphatic rings. The highest BCUT2D eigenvalue weighted by Crippen LogP contribution is 2.32. The molecule has 1 saturated heterocycles. The van der Waals surface area contributed by atoms with E-state index in [4.69, 9.17) is 18.9 Å². The van der Waals surface area contributed by atoms with Crippen molar-refractivity contribution in [3.63, 3.8) is 0 Å². The summed E-state index contributed by atoms with van der Waals surface area (Å²) in [6.45, 7) is 0.991. The Kier molecular flexibility index (Phi) is 10.5. The van der Waals surface area contributed by atoms with Crippen LogP contribution in [0.15, 0.2) is 91.0 Å². The lowest BCUT2D eigenvalue weighted by molar-refractivity contribution is -0.271. The molecule has 5 unspecified atom stereocenters. The summed E-state index contributed by atoms with van der Waals surface area (Å²) in [4.78, 5) is 0. The molecule has 0 spiro atoms. The summed E-state index contributed by atoms with van der Waals surface area (Å²) < 4.78 is 25.7. The van der Waals surface area contributed by atoms with Gasteiger partial charge in [-0.15, -0.1) is 0 Å². The minimum absolute atomic E-state index is 0.0541. The van der Waals surface area contributed by atoms with Gasteiger partial charge < -0.3 is 29.2 Å². The zero-order valence-electron chi connectivity index (χ0n) is 20.5. The number of hydrogen-bond donors (Lipinski definition) is 2. The SMILES string of the molecule is OCCCC1OC(CO)C(OCc2ccccc2)C(OCc2ccccc2)C1OCc1ccccc1. The van der Waals surface area contributed by atoms with Gasteiger partial charge in [-0.05, 0) is 29.5 Å². The van der Waals surface area contributed by atoms with Crippen molar-refractivity contribution in [3.05, 3.63) is 108 Å². The van der Waals surface area contributed by atoms with Gasteiger partial charge in [0.05, 0.1) is 32.5 Å². The lowest BCUT2D eigenvalue weighted by Gasteiger charge is -2.46. The molecule has 1 aliphatic heterocycles. The molecule has 1 fully saturated rings. The van der Waals surface area contributed by atoms with E-state index in [2.05, 4.69) is 0 Å². The second-order valence-electron chi connectivity index (χ2n) is 9.05. The molecule has 6 nitrogen and oxygen atoms in total. The normalized spacial score (nSPS) is 24.0. The van der Waals surface area contributed by atoms with Gasteiger partial charge in [0.1, 0.15) is 24.4 Å². The summed E-state index contributed by atoms with van der Waals surface area (Å²) in [5.74, 6) is 0. The van der Waals surface area contributed by atoms with E-state index < -0.39 is 24.4 Å². The molecule has 0 amide bonds. The Morgan fingerprint density at radius 3 is 1.39 bits per heavy atom. The van der Waals surface area contributed by atoms with Crippen LogP contribution in [0.3, 0.4) is 0 Å². The average Bonchev–Trinajstić information content (AvgIpc) is 2.94. The van der Waals surface area contributed by atoms with Crippen LogP contribution in [0.5, 0.6) is 0 Å². The quantitative estimate of drug-likeness (QED) is 0.371. The van der Waals surface area contributed by atoms with Crippen molar-refractivity contribution in [2.75, 3.05) is 13.2 Å². The first-order valence-corrected chi connectivity index (χ1v) is 12.6. The van der Waals surface area contributed by atoms with Gasteiger partial charge in [0.25, 0.3) is 0 Å². The molecule has 1 heterocycles. The largest absolute Gasteiger partial charge is 0.396 e. The molecule has 3 aromatic rings. The van der Waals surface area contributed by atoms with Crippen LogP contribution in [0.1, 0.15) is 29.5 Å². The third kappa shape index (κ3) is 7.46. The predicted molar refractivity (Wildman–Crippen MR) is 137 cm³/mol. The van der Waals surface area contributed by atoms with E-state index in [0.717, 1.165) is 16.7 Å². The highest BCUT2D eigenvalue weighted by molar-refractivity contribution is 5.15. The first-order chi connectivity index (χ1) is 17.8. The second-order valence-corrected chi connectivity index (χ2v) is 9.05. The van der Waals surface area contributed by atoms with E-state index >= 15 is 0 Å². The van der Waals surface area contributed by atoms with Gasteiger partial charge in [-0.3, -0.25) is 0 Å². The minimum atomic E-state index is -0.574. The van der Waals surface area contributed by atoms with Crippen LogP contribution in [-0.4, -0.2) is 53.9 Å². The first-order valence-electron chi connectivity index (χ1n) is 12.6. The van der Waals surface area contributed by atoms with Crippen molar-refractivity contribution < 1.29 is 29.2 Å². The van der Waals surface area contributed by atoms with Crippen LogP contribution >= 0.6 is 0 Å².